The molecule has 148 valence electrons. The van der Waals surface area contributed by atoms with Gasteiger partial charge in [0.2, 0.25) is 0 Å². The zero-order valence-corrected chi connectivity index (χ0v) is 16.2. The number of nitrogens with one attached hydrogen (secondary N) is 2. The van der Waals surface area contributed by atoms with Crippen LogP contribution in [0.2, 0.25) is 0 Å². The van der Waals surface area contributed by atoms with E-state index in [-0.39, 0.29) is 23.5 Å². The molecule has 4 aromatic rings. The van der Waals surface area contributed by atoms with Gasteiger partial charge in [0.05, 0.1) is 29.1 Å². The number of carbonyl (C=O) groups is 1. The molecule has 3 aromatic carbocycles. The third-order valence-corrected chi connectivity index (χ3v) is 5.25. The number of aromatic nitrogens is 2. The number of benzene rings is 3. The number of nitrogens with zero attached hydrogens (tertiary/aromatic N) is 1. The van der Waals surface area contributed by atoms with Gasteiger partial charge in [-0.05, 0) is 34.9 Å². The SMILES string of the molecule is CC(C)C(CO)NC(=O)c1ccc2[nH]nc(-c3ccc4ccccc4c3)c2c1F. The van der Waals surface area contributed by atoms with E-state index in [4.69, 9.17) is 0 Å². The molecule has 0 aliphatic carbocycles. The first kappa shape index (κ1) is 19.1. The van der Waals surface area contributed by atoms with Crippen LogP contribution in [0.3, 0.4) is 0 Å². The number of hydrogen-bond acceptors (Lipinski definition) is 3. The summed E-state index contributed by atoms with van der Waals surface area (Å²) in [5.41, 5.74) is 1.67. The highest BCUT2D eigenvalue weighted by molar-refractivity contribution is 6.03. The van der Waals surface area contributed by atoms with Gasteiger partial charge >= 0.3 is 0 Å². The molecule has 4 rings (SSSR count). The van der Waals surface area contributed by atoms with E-state index in [1.165, 1.54) is 6.07 Å². The fourth-order valence-corrected chi connectivity index (χ4v) is 3.46. The summed E-state index contributed by atoms with van der Waals surface area (Å²) >= 11 is 0. The molecular weight excluding hydrogens is 369 g/mol. The molecule has 1 aromatic heterocycles. The van der Waals surface area contributed by atoms with E-state index in [9.17, 15) is 9.90 Å². The summed E-state index contributed by atoms with van der Waals surface area (Å²) in [5, 5.41) is 21.7. The van der Waals surface area contributed by atoms with Crippen molar-refractivity contribution in [3.8, 4) is 11.3 Å². The van der Waals surface area contributed by atoms with Gasteiger partial charge in [0.15, 0.2) is 0 Å². The second-order valence-electron chi connectivity index (χ2n) is 7.49. The molecule has 0 radical (unpaired) electrons. The molecule has 6 heteroatoms. The number of aliphatic hydroxyl groups excluding tert-OH is 1. The summed E-state index contributed by atoms with van der Waals surface area (Å²) in [7, 11) is 0. The van der Waals surface area contributed by atoms with Crippen LogP contribution in [-0.4, -0.2) is 33.9 Å². The normalized spacial score (nSPS) is 12.6. The van der Waals surface area contributed by atoms with Crippen LogP contribution in [-0.2, 0) is 0 Å². The van der Waals surface area contributed by atoms with Gasteiger partial charge in [-0.3, -0.25) is 9.89 Å². The summed E-state index contributed by atoms with van der Waals surface area (Å²) in [4.78, 5) is 12.6. The second kappa shape index (κ2) is 7.64. The first-order chi connectivity index (χ1) is 14.0. The van der Waals surface area contributed by atoms with E-state index in [1.54, 1.807) is 6.07 Å². The predicted octanol–water partition coefficient (Wildman–Crippen LogP) is 4.27. The average Bonchev–Trinajstić information content (AvgIpc) is 3.16. The van der Waals surface area contributed by atoms with Crippen LogP contribution >= 0.6 is 0 Å². The Balaban J connectivity index is 1.79. The van der Waals surface area contributed by atoms with Crippen LogP contribution in [0.1, 0.15) is 24.2 Å². The van der Waals surface area contributed by atoms with Crippen molar-refractivity contribution in [2.75, 3.05) is 6.61 Å². The molecule has 0 spiro atoms. The molecule has 1 unspecified atom stereocenters. The maximum absolute atomic E-state index is 15.4. The predicted molar refractivity (Wildman–Crippen MR) is 112 cm³/mol. The number of halogens is 1. The first-order valence-corrected chi connectivity index (χ1v) is 9.57. The van der Waals surface area contributed by atoms with E-state index in [1.807, 2.05) is 56.3 Å². The monoisotopic (exact) mass is 391 g/mol. The number of carbonyl (C=O) groups excluding carboxylic acids is 1. The average molecular weight is 391 g/mol. The Kier molecular flexibility index (Phi) is 5.03. The minimum Gasteiger partial charge on any atom is -0.394 e. The van der Waals surface area contributed by atoms with Crippen LogP contribution in [0.5, 0.6) is 0 Å². The third-order valence-electron chi connectivity index (χ3n) is 5.25. The molecule has 0 aliphatic rings. The number of H-pyrrole nitrogens is 1. The maximum atomic E-state index is 15.4. The Hall–Kier alpha value is -3.25. The quantitative estimate of drug-likeness (QED) is 0.475. The molecule has 5 nitrogen and oxygen atoms in total. The molecule has 1 amide bonds. The largest absolute Gasteiger partial charge is 0.394 e. The third kappa shape index (κ3) is 3.47. The van der Waals surface area contributed by atoms with Gasteiger partial charge < -0.3 is 10.4 Å². The van der Waals surface area contributed by atoms with Crippen LogP contribution in [0.4, 0.5) is 4.39 Å². The Labute approximate surface area is 167 Å². The summed E-state index contributed by atoms with van der Waals surface area (Å²) in [6.45, 7) is 3.56. The van der Waals surface area contributed by atoms with E-state index >= 15 is 4.39 Å². The van der Waals surface area contributed by atoms with E-state index in [2.05, 4.69) is 15.5 Å². The number of aromatic amines is 1. The van der Waals surface area contributed by atoms with Crippen molar-refractivity contribution < 1.29 is 14.3 Å². The molecule has 0 saturated heterocycles. The van der Waals surface area contributed by atoms with Crippen LogP contribution < -0.4 is 5.32 Å². The molecule has 0 bridgehead atoms. The molecular formula is C23H22FN3O2. The highest BCUT2D eigenvalue weighted by atomic mass is 19.1. The minimum atomic E-state index is -0.627. The van der Waals surface area contributed by atoms with E-state index in [0.717, 1.165) is 16.3 Å². The lowest BCUT2D eigenvalue weighted by atomic mass is 10.0. The number of aliphatic hydroxyl groups is 1. The lowest BCUT2D eigenvalue weighted by Gasteiger charge is -2.20. The lowest BCUT2D eigenvalue weighted by Crippen LogP contribution is -2.41. The van der Waals surface area contributed by atoms with Gasteiger partial charge in [-0.2, -0.15) is 5.10 Å². The lowest BCUT2D eigenvalue weighted by molar-refractivity contribution is 0.0893. The Morgan fingerprint density at radius 2 is 1.90 bits per heavy atom. The Bertz CT molecular complexity index is 1200. The number of fused-ring (bicyclic) bond motifs is 2. The van der Waals surface area contributed by atoms with Crippen LogP contribution in [0.15, 0.2) is 54.6 Å². The zero-order chi connectivity index (χ0) is 20.5. The summed E-state index contributed by atoms with van der Waals surface area (Å²) in [6.07, 6.45) is 0. The highest BCUT2D eigenvalue weighted by Crippen LogP contribution is 2.32. The van der Waals surface area contributed by atoms with Gasteiger partial charge in [-0.1, -0.05) is 50.2 Å². The highest BCUT2D eigenvalue weighted by Gasteiger charge is 2.22. The standard InChI is InChI=1S/C23H22FN3O2/c1-13(2)19(12-28)25-23(29)17-9-10-18-20(21(17)24)22(27-26-18)16-8-7-14-5-3-4-6-15(14)11-16/h3-11,13,19,28H,12H2,1-2H3,(H,25,29)(H,26,27). The summed E-state index contributed by atoms with van der Waals surface area (Å²) in [6, 6.07) is 16.4. The van der Waals surface area contributed by atoms with Crippen molar-refractivity contribution in [2.24, 2.45) is 5.92 Å². The van der Waals surface area contributed by atoms with Gasteiger partial charge in [0.1, 0.15) is 11.5 Å². The fraction of sp³-hybridized carbons (Fsp3) is 0.217. The topological polar surface area (TPSA) is 78.0 Å². The Morgan fingerprint density at radius 1 is 1.14 bits per heavy atom. The summed E-state index contributed by atoms with van der Waals surface area (Å²) < 4.78 is 15.4. The van der Waals surface area contributed by atoms with Crippen molar-refractivity contribution in [3.63, 3.8) is 0 Å². The number of rotatable bonds is 5. The van der Waals surface area contributed by atoms with E-state index < -0.39 is 17.8 Å². The van der Waals surface area contributed by atoms with Gasteiger partial charge in [0.25, 0.3) is 5.91 Å². The second-order valence-corrected chi connectivity index (χ2v) is 7.49. The van der Waals surface area contributed by atoms with Crippen molar-refractivity contribution in [1.82, 2.24) is 15.5 Å². The van der Waals surface area contributed by atoms with Gasteiger partial charge in [-0.25, -0.2) is 4.39 Å². The molecule has 3 N–H and O–H groups in total. The van der Waals surface area contributed by atoms with Gasteiger partial charge in [0, 0.05) is 5.56 Å². The smallest absolute Gasteiger partial charge is 0.254 e. The molecule has 0 saturated carbocycles. The Morgan fingerprint density at radius 3 is 2.62 bits per heavy atom. The van der Waals surface area contributed by atoms with Crippen molar-refractivity contribution in [3.05, 3.63) is 66.0 Å². The van der Waals surface area contributed by atoms with E-state index in [0.29, 0.717) is 11.2 Å². The maximum Gasteiger partial charge on any atom is 0.254 e. The number of amides is 1. The van der Waals surface area contributed by atoms with Crippen LogP contribution in [0.25, 0.3) is 32.9 Å². The molecule has 1 heterocycles. The molecule has 0 aliphatic heterocycles. The van der Waals surface area contributed by atoms with Crippen molar-refractivity contribution in [1.29, 1.82) is 0 Å². The van der Waals surface area contributed by atoms with Crippen molar-refractivity contribution in [2.45, 2.75) is 19.9 Å². The number of hydrogen-bond donors (Lipinski definition) is 3. The van der Waals surface area contributed by atoms with Crippen LogP contribution in [0, 0.1) is 11.7 Å². The fourth-order valence-electron chi connectivity index (χ4n) is 3.46. The molecule has 0 fully saturated rings. The zero-order valence-electron chi connectivity index (χ0n) is 16.2. The first-order valence-electron chi connectivity index (χ1n) is 9.57. The minimum absolute atomic E-state index is 0.0258. The van der Waals surface area contributed by atoms with Crippen molar-refractivity contribution >= 4 is 27.6 Å². The molecule has 1 atom stereocenters. The van der Waals surface area contributed by atoms with Gasteiger partial charge in [-0.15, -0.1) is 0 Å². The molecule has 29 heavy (non-hydrogen) atoms. The summed E-state index contributed by atoms with van der Waals surface area (Å²) in [5.74, 6) is -1.15.